The van der Waals surface area contributed by atoms with Crippen molar-refractivity contribution < 1.29 is 0 Å². The number of anilines is 1. The molecule has 0 atom stereocenters. The van der Waals surface area contributed by atoms with Gasteiger partial charge in [0.05, 0.1) is 5.69 Å². The molecule has 132 valence electrons. The molecule has 2 nitrogen and oxygen atoms in total. The topological polar surface area (TPSA) is 16.1 Å². The standard InChI is InChI=1S/C24H26N2/c1-18-8-6-11-23-20(9-7-10-22(18)23)12-13-21-16-24(19(2)17-25-21)26-14-4-3-5-15-26/h6-13,16-17H,3-5,14-15H2,1-2H3. The molecule has 2 aromatic carbocycles. The summed E-state index contributed by atoms with van der Waals surface area (Å²) in [5.41, 5.74) is 6.20. The molecule has 3 aromatic rings. The van der Waals surface area contributed by atoms with Gasteiger partial charge in [0, 0.05) is 25.0 Å². The fraction of sp³-hybridized carbons (Fsp3) is 0.292. The Balaban J connectivity index is 1.66. The van der Waals surface area contributed by atoms with Crippen LogP contribution in [0.3, 0.4) is 0 Å². The molecular formula is C24H26N2. The van der Waals surface area contributed by atoms with Crippen molar-refractivity contribution >= 4 is 28.6 Å². The summed E-state index contributed by atoms with van der Waals surface area (Å²) in [6.07, 6.45) is 10.3. The van der Waals surface area contributed by atoms with Gasteiger partial charge in [-0.3, -0.25) is 4.98 Å². The highest BCUT2D eigenvalue weighted by Crippen LogP contribution is 2.26. The van der Waals surface area contributed by atoms with Crippen LogP contribution in [0.2, 0.25) is 0 Å². The van der Waals surface area contributed by atoms with Crippen molar-refractivity contribution in [3.8, 4) is 0 Å². The first-order chi connectivity index (χ1) is 12.7. The molecule has 0 amide bonds. The summed E-state index contributed by atoms with van der Waals surface area (Å²) in [5.74, 6) is 0. The van der Waals surface area contributed by atoms with Crippen LogP contribution in [0.5, 0.6) is 0 Å². The molecule has 2 heterocycles. The summed E-state index contributed by atoms with van der Waals surface area (Å²) < 4.78 is 0. The van der Waals surface area contributed by atoms with Crippen LogP contribution < -0.4 is 4.90 Å². The van der Waals surface area contributed by atoms with Crippen molar-refractivity contribution in [1.29, 1.82) is 0 Å². The quantitative estimate of drug-likeness (QED) is 0.579. The number of hydrogen-bond acceptors (Lipinski definition) is 2. The summed E-state index contributed by atoms with van der Waals surface area (Å²) >= 11 is 0. The highest BCUT2D eigenvalue weighted by molar-refractivity contribution is 5.94. The van der Waals surface area contributed by atoms with Gasteiger partial charge in [0.1, 0.15) is 0 Å². The number of pyridine rings is 1. The monoisotopic (exact) mass is 342 g/mol. The summed E-state index contributed by atoms with van der Waals surface area (Å²) in [5, 5.41) is 2.62. The Kier molecular flexibility index (Phi) is 4.75. The van der Waals surface area contributed by atoms with Gasteiger partial charge in [0.2, 0.25) is 0 Å². The van der Waals surface area contributed by atoms with Gasteiger partial charge in [-0.05, 0) is 72.7 Å². The lowest BCUT2D eigenvalue weighted by Gasteiger charge is -2.30. The molecule has 0 radical (unpaired) electrons. The average Bonchev–Trinajstić information content (AvgIpc) is 2.68. The molecule has 1 fully saturated rings. The molecule has 0 spiro atoms. The number of fused-ring (bicyclic) bond motifs is 1. The molecular weight excluding hydrogens is 316 g/mol. The third-order valence-corrected chi connectivity index (χ3v) is 5.40. The smallest absolute Gasteiger partial charge is 0.0650 e. The number of nitrogens with zero attached hydrogens (tertiary/aromatic N) is 2. The van der Waals surface area contributed by atoms with E-state index in [-0.39, 0.29) is 0 Å². The Morgan fingerprint density at radius 2 is 1.62 bits per heavy atom. The van der Waals surface area contributed by atoms with Gasteiger partial charge in [-0.15, -0.1) is 0 Å². The minimum absolute atomic E-state index is 1.03. The molecule has 2 heteroatoms. The first-order valence-corrected chi connectivity index (χ1v) is 9.60. The van der Waals surface area contributed by atoms with Gasteiger partial charge in [0.25, 0.3) is 0 Å². The predicted molar refractivity (Wildman–Crippen MR) is 113 cm³/mol. The minimum atomic E-state index is 1.03. The molecule has 0 saturated carbocycles. The van der Waals surface area contributed by atoms with Crippen molar-refractivity contribution in [2.45, 2.75) is 33.1 Å². The van der Waals surface area contributed by atoms with Crippen LogP contribution in [0, 0.1) is 13.8 Å². The Bertz CT molecular complexity index is 950. The van der Waals surface area contributed by atoms with E-state index < -0.39 is 0 Å². The van der Waals surface area contributed by atoms with Crippen LogP contribution in [-0.2, 0) is 0 Å². The Labute approximate surface area is 156 Å². The molecule has 0 aliphatic carbocycles. The fourth-order valence-electron chi connectivity index (χ4n) is 3.91. The van der Waals surface area contributed by atoms with Gasteiger partial charge in [-0.25, -0.2) is 0 Å². The van der Waals surface area contributed by atoms with Crippen molar-refractivity contribution in [1.82, 2.24) is 4.98 Å². The average molecular weight is 342 g/mol. The van der Waals surface area contributed by atoms with Gasteiger partial charge in [-0.2, -0.15) is 0 Å². The van der Waals surface area contributed by atoms with Gasteiger partial charge >= 0.3 is 0 Å². The maximum atomic E-state index is 4.63. The lowest BCUT2D eigenvalue weighted by molar-refractivity contribution is 0.577. The first-order valence-electron chi connectivity index (χ1n) is 9.60. The van der Waals surface area contributed by atoms with E-state index in [1.807, 2.05) is 6.20 Å². The number of benzene rings is 2. The lowest BCUT2D eigenvalue weighted by atomic mass is 10.0. The zero-order valence-electron chi connectivity index (χ0n) is 15.7. The van der Waals surface area contributed by atoms with Crippen LogP contribution in [0.4, 0.5) is 5.69 Å². The van der Waals surface area contributed by atoms with Gasteiger partial charge in [-0.1, -0.05) is 42.5 Å². The van der Waals surface area contributed by atoms with Crippen LogP contribution in [0.15, 0.2) is 48.7 Å². The predicted octanol–water partition coefficient (Wildman–Crippen LogP) is 6.01. The molecule has 4 rings (SSSR count). The van der Waals surface area contributed by atoms with Crippen LogP contribution in [0.25, 0.3) is 22.9 Å². The lowest BCUT2D eigenvalue weighted by Crippen LogP contribution is -2.30. The molecule has 0 bridgehead atoms. The van der Waals surface area contributed by atoms with E-state index in [0.29, 0.717) is 0 Å². The second-order valence-electron chi connectivity index (χ2n) is 7.29. The molecule has 1 aliphatic rings. The normalized spacial score (nSPS) is 15.1. The maximum absolute atomic E-state index is 4.63. The number of rotatable bonds is 3. The number of piperidine rings is 1. The first kappa shape index (κ1) is 16.8. The van der Waals surface area contributed by atoms with E-state index in [9.17, 15) is 0 Å². The SMILES string of the molecule is Cc1cnc(C=Cc2cccc3c(C)cccc23)cc1N1CCCCC1. The Morgan fingerprint density at radius 1 is 0.846 bits per heavy atom. The van der Waals surface area contributed by atoms with Crippen molar-refractivity contribution in [3.05, 3.63) is 71.0 Å². The largest absolute Gasteiger partial charge is 0.371 e. The van der Waals surface area contributed by atoms with Crippen LogP contribution in [-0.4, -0.2) is 18.1 Å². The molecule has 1 saturated heterocycles. The number of hydrogen-bond donors (Lipinski definition) is 0. The minimum Gasteiger partial charge on any atom is -0.371 e. The zero-order valence-corrected chi connectivity index (χ0v) is 15.7. The van der Waals surface area contributed by atoms with Crippen molar-refractivity contribution in [2.24, 2.45) is 0 Å². The van der Waals surface area contributed by atoms with Crippen LogP contribution in [0.1, 0.15) is 41.6 Å². The van der Waals surface area contributed by atoms with Crippen molar-refractivity contribution in [2.75, 3.05) is 18.0 Å². The molecule has 26 heavy (non-hydrogen) atoms. The van der Waals surface area contributed by atoms with E-state index >= 15 is 0 Å². The highest BCUT2D eigenvalue weighted by atomic mass is 15.1. The number of aryl methyl sites for hydroxylation is 2. The number of aromatic nitrogens is 1. The van der Waals surface area contributed by atoms with Crippen molar-refractivity contribution in [3.63, 3.8) is 0 Å². The Morgan fingerprint density at radius 3 is 2.46 bits per heavy atom. The molecule has 1 aromatic heterocycles. The zero-order chi connectivity index (χ0) is 17.9. The second kappa shape index (κ2) is 7.33. The third-order valence-electron chi connectivity index (χ3n) is 5.40. The van der Waals surface area contributed by atoms with Gasteiger partial charge < -0.3 is 4.90 Å². The van der Waals surface area contributed by atoms with Crippen LogP contribution >= 0.6 is 0 Å². The fourth-order valence-corrected chi connectivity index (χ4v) is 3.91. The third kappa shape index (κ3) is 3.37. The molecule has 1 aliphatic heterocycles. The highest BCUT2D eigenvalue weighted by Gasteiger charge is 2.13. The summed E-state index contributed by atoms with van der Waals surface area (Å²) in [6.45, 7) is 6.66. The van der Waals surface area contributed by atoms with E-state index in [4.69, 9.17) is 0 Å². The summed E-state index contributed by atoms with van der Waals surface area (Å²) in [6, 6.07) is 15.3. The summed E-state index contributed by atoms with van der Waals surface area (Å²) in [7, 11) is 0. The van der Waals surface area contributed by atoms with E-state index in [0.717, 1.165) is 18.8 Å². The Hall–Kier alpha value is -2.61. The maximum Gasteiger partial charge on any atom is 0.0650 e. The van der Waals surface area contributed by atoms with E-state index in [2.05, 4.69) is 78.3 Å². The van der Waals surface area contributed by atoms with Gasteiger partial charge in [0.15, 0.2) is 0 Å². The van der Waals surface area contributed by atoms with E-state index in [1.165, 1.54) is 52.4 Å². The molecule has 0 unspecified atom stereocenters. The van der Waals surface area contributed by atoms with E-state index in [1.54, 1.807) is 0 Å². The summed E-state index contributed by atoms with van der Waals surface area (Å²) in [4.78, 5) is 7.15. The second-order valence-corrected chi connectivity index (χ2v) is 7.29. The molecule has 0 N–H and O–H groups in total.